The van der Waals surface area contributed by atoms with Crippen LogP contribution in [-0.4, -0.2) is 68.9 Å². The molecule has 0 bridgehead atoms. The summed E-state index contributed by atoms with van der Waals surface area (Å²) in [5.74, 6) is -0.214. The average molecular weight is 567 g/mol. The number of anilines is 4. The number of nitrogens with one attached hydrogen (secondary N) is 3. The van der Waals surface area contributed by atoms with Crippen LogP contribution in [-0.2, 0) is 17.8 Å². The van der Waals surface area contributed by atoms with Gasteiger partial charge in [0.2, 0.25) is 5.91 Å². The van der Waals surface area contributed by atoms with Crippen LogP contribution in [0.25, 0.3) is 11.1 Å². The quantitative estimate of drug-likeness (QED) is 0.294. The molecule has 0 atom stereocenters. The van der Waals surface area contributed by atoms with E-state index in [2.05, 4.69) is 36.0 Å². The Kier molecular flexibility index (Phi) is 5.97. The molecule has 12 nitrogen and oxygen atoms in total. The Morgan fingerprint density at radius 2 is 1.93 bits per heavy atom. The van der Waals surface area contributed by atoms with Gasteiger partial charge in [-0.2, -0.15) is 5.10 Å². The third-order valence-electron chi connectivity index (χ3n) is 7.84. The fourth-order valence-electron chi connectivity index (χ4n) is 5.51. The second kappa shape index (κ2) is 10.5. The molecule has 7 rings (SSSR count). The first-order valence-corrected chi connectivity index (χ1v) is 14.0. The van der Waals surface area contributed by atoms with Crippen LogP contribution in [0.1, 0.15) is 43.5 Å². The Morgan fingerprint density at radius 1 is 1.07 bits per heavy atom. The third kappa shape index (κ3) is 4.83. The van der Waals surface area contributed by atoms with E-state index in [1.807, 2.05) is 36.1 Å². The van der Waals surface area contributed by atoms with Crippen LogP contribution in [0.3, 0.4) is 0 Å². The number of fused-ring (bicyclic) bond motifs is 3. The van der Waals surface area contributed by atoms with Gasteiger partial charge >= 0.3 is 0 Å². The highest BCUT2D eigenvalue weighted by atomic mass is 16.2. The van der Waals surface area contributed by atoms with Crippen molar-refractivity contribution in [1.82, 2.24) is 35.2 Å². The molecular weight excluding hydrogens is 532 g/mol. The number of rotatable bonds is 8. The summed E-state index contributed by atoms with van der Waals surface area (Å²) in [5.41, 5.74) is 5.68. The molecule has 5 heterocycles. The molecule has 2 aliphatic heterocycles. The summed E-state index contributed by atoms with van der Waals surface area (Å²) in [6.07, 6.45) is 5.21. The van der Waals surface area contributed by atoms with Gasteiger partial charge in [0.15, 0.2) is 11.5 Å². The summed E-state index contributed by atoms with van der Waals surface area (Å²) in [4.78, 5) is 33.2. The molecule has 0 spiro atoms. The molecule has 4 aromatic rings. The number of likely N-dealkylation sites (tertiary alicyclic amines) is 1. The molecule has 1 saturated carbocycles. The molecule has 3 N–H and O–H groups in total. The molecule has 1 aromatic carbocycles. The third-order valence-corrected chi connectivity index (χ3v) is 7.84. The van der Waals surface area contributed by atoms with Crippen LogP contribution in [0.2, 0.25) is 0 Å². The Hall–Kier alpha value is -4.84. The van der Waals surface area contributed by atoms with E-state index in [-0.39, 0.29) is 29.4 Å². The Balaban J connectivity index is 1.16. The molecule has 1 saturated heterocycles. The van der Waals surface area contributed by atoms with E-state index in [0.29, 0.717) is 31.0 Å². The second-order valence-corrected chi connectivity index (χ2v) is 10.9. The number of carbonyl (C=O) groups is 2. The van der Waals surface area contributed by atoms with E-state index >= 15 is 0 Å². The first-order valence-electron chi connectivity index (χ1n) is 15.0. The second-order valence-electron chi connectivity index (χ2n) is 10.9. The fourth-order valence-corrected chi connectivity index (χ4v) is 5.51. The number of hydrogen-bond acceptors (Lipinski definition) is 9. The Bertz CT molecular complexity index is 1750. The van der Waals surface area contributed by atoms with Crippen molar-refractivity contribution in [3.8, 4) is 11.1 Å². The molecule has 214 valence electrons. The normalized spacial score (nSPS) is 17.3. The maximum Gasteiger partial charge on any atom is 0.273 e. The zero-order valence-electron chi connectivity index (χ0n) is 25.3. The van der Waals surface area contributed by atoms with Gasteiger partial charge < -0.3 is 20.9 Å². The van der Waals surface area contributed by atoms with Crippen molar-refractivity contribution in [2.45, 2.75) is 31.9 Å². The highest BCUT2D eigenvalue weighted by Crippen LogP contribution is 2.45. The fraction of sp³-hybridized carbons (Fsp3) is 0.333. The first kappa shape index (κ1) is 23.8. The highest BCUT2D eigenvalue weighted by Gasteiger charge is 2.34. The molecular formula is C30H32N10O2. The van der Waals surface area contributed by atoms with E-state index in [1.54, 1.807) is 35.4 Å². The molecule has 1 aliphatic carbocycles. The van der Waals surface area contributed by atoms with Gasteiger partial charge in [0.1, 0.15) is 0 Å². The molecule has 2 fully saturated rings. The molecule has 3 aromatic heterocycles. The van der Waals surface area contributed by atoms with Gasteiger partial charge in [0.05, 0.1) is 47.2 Å². The molecule has 12 heteroatoms. The predicted molar refractivity (Wildman–Crippen MR) is 158 cm³/mol. The lowest BCUT2D eigenvalue weighted by atomic mass is 9.97. The van der Waals surface area contributed by atoms with E-state index in [1.165, 1.54) is 7.05 Å². The predicted octanol–water partition coefficient (Wildman–Crippen LogP) is 3.19. The van der Waals surface area contributed by atoms with E-state index in [0.717, 1.165) is 41.0 Å². The van der Waals surface area contributed by atoms with Gasteiger partial charge in [-0.1, -0.05) is 18.2 Å². The summed E-state index contributed by atoms with van der Waals surface area (Å²) in [5, 5.41) is 21.8. The van der Waals surface area contributed by atoms with Crippen LogP contribution >= 0.6 is 0 Å². The van der Waals surface area contributed by atoms with Crippen molar-refractivity contribution in [3.05, 3.63) is 71.9 Å². The SMILES string of the molecule is [2H]C([2H])(c1ccccn1)N1CC(n2ncc3c2CN(C)c2c(Nc4cc(NC(=O)C5CC5)nnc4C(=O)NC)cccc2-3)C1. The molecule has 42 heavy (non-hydrogen) atoms. The van der Waals surface area contributed by atoms with Crippen molar-refractivity contribution in [1.29, 1.82) is 0 Å². The smallest absolute Gasteiger partial charge is 0.273 e. The van der Waals surface area contributed by atoms with E-state index in [4.69, 9.17) is 7.84 Å². The zero-order valence-corrected chi connectivity index (χ0v) is 23.3. The van der Waals surface area contributed by atoms with Gasteiger partial charge in [-0.3, -0.25) is 24.2 Å². The van der Waals surface area contributed by atoms with Crippen molar-refractivity contribution < 1.29 is 12.3 Å². The number of benzene rings is 1. The minimum Gasteiger partial charge on any atom is -0.366 e. The van der Waals surface area contributed by atoms with Crippen LogP contribution in [0.5, 0.6) is 0 Å². The first-order chi connectivity index (χ1) is 21.2. The molecule has 2 amide bonds. The number of nitrogens with zero attached hydrogens (tertiary/aromatic N) is 7. The van der Waals surface area contributed by atoms with Crippen molar-refractivity contribution in [3.63, 3.8) is 0 Å². The number of pyridine rings is 1. The molecule has 3 aliphatic rings. The van der Waals surface area contributed by atoms with E-state index < -0.39 is 12.4 Å². The van der Waals surface area contributed by atoms with Crippen molar-refractivity contribution in [2.24, 2.45) is 5.92 Å². The maximum absolute atomic E-state index is 12.7. The largest absolute Gasteiger partial charge is 0.366 e. The van der Waals surface area contributed by atoms with Crippen LogP contribution in [0, 0.1) is 5.92 Å². The number of carbonyl (C=O) groups excluding carboxylic acids is 2. The molecule has 0 unspecified atom stereocenters. The summed E-state index contributed by atoms with van der Waals surface area (Å²) < 4.78 is 19.3. The maximum atomic E-state index is 12.7. The lowest BCUT2D eigenvalue weighted by molar-refractivity contribution is -0.117. The lowest BCUT2D eigenvalue weighted by Gasteiger charge is -2.40. The lowest BCUT2D eigenvalue weighted by Crippen LogP contribution is -2.48. The van der Waals surface area contributed by atoms with Gasteiger partial charge in [0.25, 0.3) is 5.91 Å². The van der Waals surface area contributed by atoms with Crippen LogP contribution in [0.4, 0.5) is 22.9 Å². The Morgan fingerprint density at radius 3 is 2.69 bits per heavy atom. The minimum absolute atomic E-state index is 0.00194. The number of amides is 2. The van der Waals surface area contributed by atoms with Crippen molar-refractivity contribution in [2.75, 3.05) is 42.7 Å². The van der Waals surface area contributed by atoms with E-state index in [9.17, 15) is 9.59 Å². The van der Waals surface area contributed by atoms with Gasteiger partial charge in [0, 0.05) is 65.7 Å². The number of aromatic nitrogens is 5. The summed E-state index contributed by atoms with van der Waals surface area (Å²) in [6, 6.07) is 12.9. The summed E-state index contributed by atoms with van der Waals surface area (Å²) >= 11 is 0. The summed E-state index contributed by atoms with van der Waals surface area (Å²) in [6.45, 7) is -0.0330. The summed E-state index contributed by atoms with van der Waals surface area (Å²) in [7, 11) is 3.53. The zero-order chi connectivity index (χ0) is 30.6. The number of para-hydroxylation sites is 1. The standard InChI is InChI=1S/C30H32N10O2/c1-31-30(42)27-24(12-26(36-37-27)35-29(41)18-9-10-18)34-23-8-5-7-21-22-13-33-40(25(22)17-38(2)28(21)23)20-15-39(16-20)14-19-6-3-4-11-32-19/h3-8,11-13,18,20H,9-10,14-17H2,1-2H3,(H,31,42)(H2,34,35,36,41)/i14D2. The van der Waals surface area contributed by atoms with Gasteiger partial charge in [-0.15, -0.1) is 10.2 Å². The van der Waals surface area contributed by atoms with Gasteiger partial charge in [-0.05, 0) is 31.0 Å². The van der Waals surface area contributed by atoms with Crippen LogP contribution in [0.15, 0.2) is 54.9 Å². The minimum atomic E-state index is -1.66. The molecule has 0 radical (unpaired) electrons. The average Bonchev–Trinajstić information content (AvgIpc) is 3.78. The van der Waals surface area contributed by atoms with Crippen molar-refractivity contribution >= 4 is 34.7 Å². The monoisotopic (exact) mass is 566 g/mol. The highest BCUT2D eigenvalue weighted by molar-refractivity contribution is 6.01. The van der Waals surface area contributed by atoms with Crippen LogP contribution < -0.4 is 20.9 Å². The number of hydrogen-bond donors (Lipinski definition) is 3. The van der Waals surface area contributed by atoms with Gasteiger partial charge in [-0.25, -0.2) is 0 Å². The Labute approximate surface area is 246 Å². The topological polar surface area (TPSA) is 133 Å².